The summed E-state index contributed by atoms with van der Waals surface area (Å²) < 4.78 is 6.77. The number of furan rings is 1. The summed E-state index contributed by atoms with van der Waals surface area (Å²) in [4.78, 5) is 12.8. The topological polar surface area (TPSA) is 53.1 Å². The number of nitrogens with zero attached hydrogens (tertiary/aromatic N) is 3. The normalized spacial score (nSPS) is 16.4. The van der Waals surface area contributed by atoms with Crippen molar-refractivity contribution in [3.05, 3.63) is 211 Å². The van der Waals surface area contributed by atoms with Gasteiger partial charge in [-0.1, -0.05) is 158 Å². The number of anilines is 3. The van der Waals surface area contributed by atoms with Crippen molar-refractivity contribution in [2.24, 2.45) is 15.9 Å². The summed E-state index contributed by atoms with van der Waals surface area (Å²) in [6.07, 6.45) is 9.41. The second-order valence-electron chi connectivity index (χ2n) is 15.0. The van der Waals surface area contributed by atoms with Gasteiger partial charge in [0.2, 0.25) is 0 Å². The minimum Gasteiger partial charge on any atom is -0.456 e. The fourth-order valence-electron chi connectivity index (χ4n) is 8.60. The van der Waals surface area contributed by atoms with Gasteiger partial charge < -0.3 is 14.6 Å². The molecule has 9 aromatic rings. The fraction of sp³-hybridized carbons (Fsp3) is 0.0566. The summed E-state index contributed by atoms with van der Waals surface area (Å²) in [6.45, 7) is 0. The zero-order valence-corrected chi connectivity index (χ0v) is 31.7. The molecule has 0 spiro atoms. The lowest BCUT2D eigenvalue weighted by Crippen LogP contribution is -2.43. The summed E-state index contributed by atoms with van der Waals surface area (Å²) in [5.74, 6) is 1.73. The lowest BCUT2D eigenvalue weighted by molar-refractivity contribution is 0.475. The maximum Gasteiger partial charge on any atom is 0.159 e. The van der Waals surface area contributed by atoms with E-state index < -0.39 is 0 Å². The first kappa shape index (κ1) is 33.8. The van der Waals surface area contributed by atoms with Crippen LogP contribution < -0.4 is 10.2 Å². The molecule has 2 heterocycles. The number of amidine groups is 2. The Morgan fingerprint density at radius 3 is 2.05 bits per heavy atom. The molecule has 0 bridgehead atoms. The van der Waals surface area contributed by atoms with E-state index >= 15 is 0 Å². The minimum atomic E-state index is -0.164. The standard InChI is InChI=1S/C53H38N4O/c1-4-15-35(16-5-1)36-27-29-40(30-28-36)57(47-33-39-21-10-11-22-42(39)43-23-12-13-24-44(43)47)41-31-32-45-49(34-41)58-48-26-14-25-46(50(45)48)53-55-51(37-17-6-2-7-18-37)54-52(56-53)38-19-8-3-9-20-38/h1-19,21-34,38,52H,20H2,(H,54,55,56). The Kier molecular flexibility index (Phi) is 8.29. The molecule has 0 fully saturated rings. The average molecular weight is 747 g/mol. The van der Waals surface area contributed by atoms with Crippen LogP contribution in [0.3, 0.4) is 0 Å². The number of fused-ring (bicyclic) bond motifs is 6. The molecule has 2 unspecified atom stereocenters. The summed E-state index contributed by atoms with van der Waals surface area (Å²) in [6, 6.07) is 62.2. The average Bonchev–Trinajstić information content (AvgIpc) is 3.68. The van der Waals surface area contributed by atoms with Crippen LogP contribution in [0.25, 0.3) is 54.6 Å². The molecule has 1 N–H and O–H groups in total. The Labute approximate surface area is 336 Å². The maximum absolute atomic E-state index is 6.77. The van der Waals surface area contributed by atoms with Gasteiger partial charge in [0.1, 0.15) is 23.2 Å². The molecule has 0 radical (unpaired) electrons. The lowest BCUT2D eigenvalue weighted by atomic mass is 9.96. The Morgan fingerprint density at radius 2 is 1.26 bits per heavy atom. The molecular weight excluding hydrogens is 709 g/mol. The van der Waals surface area contributed by atoms with Crippen LogP contribution in [0.15, 0.2) is 215 Å². The van der Waals surface area contributed by atoms with E-state index in [9.17, 15) is 0 Å². The summed E-state index contributed by atoms with van der Waals surface area (Å²) >= 11 is 0. The number of nitrogens with one attached hydrogen (secondary N) is 1. The molecule has 0 saturated heterocycles. The third kappa shape index (κ3) is 5.96. The molecule has 8 aromatic carbocycles. The van der Waals surface area contributed by atoms with Gasteiger partial charge in [-0.3, -0.25) is 0 Å². The van der Waals surface area contributed by atoms with Crippen molar-refractivity contribution in [1.29, 1.82) is 0 Å². The molecule has 276 valence electrons. The third-order valence-electron chi connectivity index (χ3n) is 11.4. The summed E-state index contributed by atoms with van der Waals surface area (Å²) in [7, 11) is 0. The zero-order chi connectivity index (χ0) is 38.4. The first-order valence-corrected chi connectivity index (χ1v) is 19.9. The Balaban J connectivity index is 1.08. The molecule has 0 amide bonds. The van der Waals surface area contributed by atoms with E-state index in [4.69, 9.17) is 14.4 Å². The molecule has 5 nitrogen and oxygen atoms in total. The van der Waals surface area contributed by atoms with Crippen LogP contribution in [0, 0.1) is 5.92 Å². The van der Waals surface area contributed by atoms with Crippen LogP contribution in [0.4, 0.5) is 17.1 Å². The van der Waals surface area contributed by atoms with Crippen molar-refractivity contribution in [3.8, 4) is 11.1 Å². The SMILES string of the molecule is C1=CCC(C2N=C(c3cccc4oc5cc(N(c6ccc(-c7ccccc7)cc6)c6cc7ccccc7c7ccccc67)ccc5c34)N=C(c3ccccc3)N2)C=C1. The number of hydrogen-bond acceptors (Lipinski definition) is 5. The van der Waals surface area contributed by atoms with Gasteiger partial charge in [0.05, 0.1) is 5.69 Å². The van der Waals surface area contributed by atoms with Crippen LogP contribution in [-0.4, -0.2) is 17.8 Å². The number of hydrogen-bond donors (Lipinski definition) is 1. The maximum atomic E-state index is 6.77. The van der Waals surface area contributed by atoms with Gasteiger partial charge in [-0.05, 0) is 70.1 Å². The third-order valence-corrected chi connectivity index (χ3v) is 11.4. The minimum absolute atomic E-state index is 0.164. The highest BCUT2D eigenvalue weighted by atomic mass is 16.3. The lowest BCUT2D eigenvalue weighted by Gasteiger charge is -2.28. The first-order valence-electron chi connectivity index (χ1n) is 19.9. The summed E-state index contributed by atoms with van der Waals surface area (Å²) in [5.41, 5.74) is 9.10. The Morgan fingerprint density at radius 1 is 0.552 bits per heavy atom. The number of benzene rings is 8. The molecular formula is C53H38N4O. The second kappa shape index (κ2) is 14.2. The number of allylic oxidation sites excluding steroid dienone is 3. The van der Waals surface area contributed by atoms with Gasteiger partial charge >= 0.3 is 0 Å². The van der Waals surface area contributed by atoms with Crippen LogP contribution >= 0.6 is 0 Å². The molecule has 11 rings (SSSR count). The van der Waals surface area contributed by atoms with E-state index in [0.29, 0.717) is 5.84 Å². The van der Waals surface area contributed by atoms with E-state index in [-0.39, 0.29) is 12.1 Å². The molecule has 58 heavy (non-hydrogen) atoms. The highest BCUT2D eigenvalue weighted by molar-refractivity contribution is 6.22. The monoisotopic (exact) mass is 746 g/mol. The van der Waals surface area contributed by atoms with Crippen LogP contribution in [-0.2, 0) is 0 Å². The predicted octanol–water partition coefficient (Wildman–Crippen LogP) is 13.3. The molecule has 2 aliphatic rings. The van der Waals surface area contributed by atoms with Crippen molar-refractivity contribution >= 4 is 72.2 Å². The smallest absolute Gasteiger partial charge is 0.159 e. The largest absolute Gasteiger partial charge is 0.456 e. The van der Waals surface area contributed by atoms with E-state index in [1.807, 2.05) is 30.3 Å². The van der Waals surface area contributed by atoms with Crippen molar-refractivity contribution in [1.82, 2.24) is 5.32 Å². The van der Waals surface area contributed by atoms with E-state index in [0.717, 1.165) is 62.4 Å². The van der Waals surface area contributed by atoms with Crippen molar-refractivity contribution < 1.29 is 4.42 Å². The highest BCUT2D eigenvalue weighted by Gasteiger charge is 2.27. The quantitative estimate of drug-likeness (QED) is 0.165. The van der Waals surface area contributed by atoms with Gasteiger partial charge in [0, 0.05) is 50.6 Å². The predicted molar refractivity (Wildman–Crippen MR) is 242 cm³/mol. The van der Waals surface area contributed by atoms with Gasteiger partial charge in [-0.2, -0.15) is 0 Å². The molecule has 1 aliphatic heterocycles. The molecule has 5 heteroatoms. The zero-order valence-electron chi connectivity index (χ0n) is 31.7. The van der Waals surface area contributed by atoms with Crippen molar-refractivity contribution in [2.75, 3.05) is 4.90 Å². The Bertz CT molecular complexity index is 3120. The Hall–Kier alpha value is -7.50. The van der Waals surface area contributed by atoms with Crippen LogP contribution in [0.2, 0.25) is 0 Å². The first-order chi connectivity index (χ1) is 28.7. The highest BCUT2D eigenvalue weighted by Crippen LogP contribution is 2.44. The molecule has 2 atom stereocenters. The van der Waals surface area contributed by atoms with Gasteiger partial charge in [-0.15, -0.1) is 0 Å². The number of rotatable bonds is 7. The van der Waals surface area contributed by atoms with Gasteiger partial charge in [0.25, 0.3) is 0 Å². The van der Waals surface area contributed by atoms with Crippen LogP contribution in [0.5, 0.6) is 0 Å². The van der Waals surface area contributed by atoms with E-state index in [1.165, 1.54) is 32.7 Å². The molecule has 0 saturated carbocycles. The van der Waals surface area contributed by atoms with Gasteiger partial charge in [0.15, 0.2) is 5.84 Å². The summed E-state index contributed by atoms with van der Waals surface area (Å²) in [5, 5.41) is 10.5. The number of aliphatic imine (C=N–C) groups is 2. The van der Waals surface area contributed by atoms with E-state index in [1.54, 1.807) is 0 Å². The molecule has 1 aromatic heterocycles. The van der Waals surface area contributed by atoms with Crippen molar-refractivity contribution in [2.45, 2.75) is 12.6 Å². The van der Waals surface area contributed by atoms with Crippen molar-refractivity contribution in [3.63, 3.8) is 0 Å². The molecule has 1 aliphatic carbocycles. The second-order valence-corrected chi connectivity index (χ2v) is 15.0. The van der Waals surface area contributed by atoms with Gasteiger partial charge in [-0.25, -0.2) is 9.98 Å². The van der Waals surface area contributed by atoms with E-state index in [2.05, 4.69) is 180 Å². The fourth-order valence-corrected chi connectivity index (χ4v) is 8.60. The van der Waals surface area contributed by atoms with Crippen LogP contribution in [0.1, 0.15) is 17.5 Å².